The minimum Gasteiger partial charge on any atom is -0.489 e. The van der Waals surface area contributed by atoms with Crippen LogP contribution in [0.1, 0.15) is 25.0 Å². The highest BCUT2D eigenvalue weighted by molar-refractivity contribution is 7.72. The van der Waals surface area contributed by atoms with Crippen LogP contribution >= 0.6 is 7.60 Å². The van der Waals surface area contributed by atoms with E-state index in [2.05, 4.69) is 5.16 Å². The van der Waals surface area contributed by atoms with Gasteiger partial charge in [0.2, 0.25) is 0 Å². The zero-order chi connectivity index (χ0) is 18.8. The van der Waals surface area contributed by atoms with E-state index < -0.39 is 7.60 Å². The number of benzene rings is 2. The molecule has 0 aliphatic carbocycles. The number of oxime groups is 1. The molecule has 0 atom stereocenters. The van der Waals surface area contributed by atoms with Crippen LogP contribution in [0.3, 0.4) is 0 Å². The highest BCUT2D eigenvalue weighted by Gasteiger charge is 2.32. The van der Waals surface area contributed by atoms with Crippen LogP contribution in [0.25, 0.3) is 0 Å². The summed E-state index contributed by atoms with van der Waals surface area (Å²) in [4.78, 5) is 0. The molecule has 0 fully saturated rings. The van der Waals surface area contributed by atoms with Gasteiger partial charge in [0.1, 0.15) is 12.4 Å². The van der Waals surface area contributed by atoms with Crippen LogP contribution < -0.4 is 4.74 Å². The lowest BCUT2D eigenvalue weighted by Crippen LogP contribution is -2.10. The van der Waals surface area contributed by atoms with E-state index in [1.54, 1.807) is 13.8 Å². The first-order chi connectivity index (χ1) is 12.6. The van der Waals surface area contributed by atoms with Crippen molar-refractivity contribution in [2.24, 2.45) is 5.16 Å². The lowest BCUT2D eigenvalue weighted by Gasteiger charge is -2.17. The molecular weight excluding hydrogens is 353 g/mol. The van der Waals surface area contributed by atoms with Crippen molar-refractivity contribution in [3.8, 4) is 5.75 Å². The van der Waals surface area contributed by atoms with Crippen LogP contribution in [0.4, 0.5) is 0 Å². The van der Waals surface area contributed by atoms with Gasteiger partial charge in [-0.25, -0.2) is 0 Å². The maximum absolute atomic E-state index is 12.7. The van der Waals surface area contributed by atoms with Crippen molar-refractivity contribution in [1.29, 1.82) is 0 Å². The number of nitrogens with zero attached hydrogens (tertiary/aromatic N) is 1. The van der Waals surface area contributed by atoms with Crippen molar-refractivity contribution in [2.45, 2.75) is 26.9 Å². The summed E-state index contributed by atoms with van der Waals surface area (Å²) in [6, 6.07) is 17.2. The minimum atomic E-state index is -3.59. The summed E-state index contributed by atoms with van der Waals surface area (Å²) in [5, 5.41) is 12.4. The molecule has 0 bridgehead atoms. The number of hydrogen-bond donors (Lipinski definition) is 1. The molecule has 0 aromatic heterocycles. The van der Waals surface area contributed by atoms with Crippen LogP contribution in [0.2, 0.25) is 0 Å². The van der Waals surface area contributed by atoms with E-state index in [0.29, 0.717) is 6.61 Å². The third-order valence-corrected chi connectivity index (χ3v) is 5.64. The Bertz CT molecular complexity index is 736. The van der Waals surface area contributed by atoms with Crippen LogP contribution in [0.5, 0.6) is 5.75 Å². The second-order valence-electron chi connectivity index (χ2n) is 5.44. The molecule has 2 aromatic carbocycles. The minimum absolute atomic E-state index is 0.0147. The Balaban J connectivity index is 2.01. The third-order valence-electron chi connectivity index (χ3n) is 3.56. The monoisotopic (exact) mass is 377 g/mol. The quantitative estimate of drug-likeness (QED) is 0.277. The first kappa shape index (κ1) is 20.2. The molecule has 26 heavy (non-hydrogen) atoms. The number of rotatable bonds is 10. The number of ether oxygens (including phenoxy) is 1. The van der Waals surface area contributed by atoms with Crippen molar-refractivity contribution < 1.29 is 23.6 Å². The molecule has 2 rings (SSSR count). The van der Waals surface area contributed by atoms with Gasteiger partial charge in [-0.05, 0) is 37.1 Å². The lowest BCUT2D eigenvalue weighted by atomic mass is 10.1. The molecule has 0 heterocycles. The molecule has 0 saturated heterocycles. The summed E-state index contributed by atoms with van der Waals surface area (Å²) in [5.41, 5.74) is 1.88. The van der Waals surface area contributed by atoms with Gasteiger partial charge in [-0.3, -0.25) is 4.57 Å². The molecular formula is C19H24NO5P. The molecule has 140 valence electrons. The summed E-state index contributed by atoms with van der Waals surface area (Å²) in [6.45, 7) is 4.29. The normalized spacial score (nSPS) is 12.2. The predicted molar refractivity (Wildman–Crippen MR) is 101 cm³/mol. The van der Waals surface area contributed by atoms with E-state index in [0.717, 1.165) is 16.9 Å². The lowest BCUT2D eigenvalue weighted by molar-refractivity contribution is 0.229. The first-order valence-corrected chi connectivity index (χ1v) is 10.0. The predicted octanol–water partition coefficient (Wildman–Crippen LogP) is 4.86. The standard InChI is InChI=1S/C19H24NO5P/c1-3-24-26(22,25-4-2)19(20-21)14-16-10-12-18(13-11-16)23-15-17-8-6-5-7-9-17/h5-13,21H,3-4,14-15H2,1-2H3/b20-19-. The van der Waals surface area contributed by atoms with Gasteiger partial charge in [0.05, 0.1) is 13.2 Å². The Hall–Kier alpha value is -2.14. The van der Waals surface area contributed by atoms with Crippen molar-refractivity contribution in [3.63, 3.8) is 0 Å². The van der Waals surface area contributed by atoms with E-state index in [9.17, 15) is 9.77 Å². The van der Waals surface area contributed by atoms with E-state index in [4.69, 9.17) is 13.8 Å². The smallest absolute Gasteiger partial charge is 0.379 e. The van der Waals surface area contributed by atoms with Crippen LogP contribution in [0, 0.1) is 0 Å². The number of hydrogen-bond acceptors (Lipinski definition) is 6. The van der Waals surface area contributed by atoms with Crippen LogP contribution in [0.15, 0.2) is 59.8 Å². The SMILES string of the molecule is CCOP(=O)(OCC)/C(Cc1ccc(OCc2ccccc2)cc1)=N\O. The maximum Gasteiger partial charge on any atom is 0.379 e. The second kappa shape index (κ2) is 10.1. The van der Waals surface area contributed by atoms with Crippen molar-refractivity contribution in [1.82, 2.24) is 0 Å². The Morgan fingerprint density at radius 1 is 0.962 bits per heavy atom. The Kier molecular flexibility index (Phi) is 7.85. The summed E-state index contributed by atoms with van der Waals surface area (Å²) >= 11 is 0. The second-order valence-corrected chi connectivity index (χ2v) is 7.47. The molecule has 0 aliphatic rings. The fourth-order valence-corrected chi connectivity index (χ4v) is 3.88. The maximum atomic E-state index is 12.7. The van der Waals surface area contributed by atoms with Gasteiger partial charge in [-0.15, -0.1) is 0 Å². The van der Waals surface area contributed by atoms with Crippen LogP contribution in [-0.4, -0.2) is 23.9 Å². The van der Waals surface area contributed by atoms with Gasteiger partial charge in [0.25, 0.3) is 0 Å². The highest BCUT2D eigenvalue weighted by Crippen LogP contribution is 2.50. The van der Waals surface area contributed by atoms with Gasteiger partial charge in [-0.2, -0.15) is 0 Å². The molecule has 0 radical (unpaired) electrons. The largest absolute Gasteiger partial charge is 0.489 e. The van der Waals surface area contributed by atoms with Crippen molar-refractivity contribution in [2.75, 3.05) is 13.2 Å². The molecule has 2 aromatic rings. The van der Waals surface area contributed by atoms with Gasteiger partial charge in [0, 0.05) is 6.42 Å². The van der Waals surface area contributed by atoms with Crippen molar-refractivity contribution >= 4 is 13.0 Å². The fraction of sp³-hybridized carbons (Fsp3) is 0.316. The zero-order valence-electron chi connectivity index (χ0n) is 15.0. The fourth-order valence-electron chi connectivity index (χ4n) is 2.34. The summed E-state index contributed by atoms with van der Waals surface area (Å²) in [7, 11) is -3.59. The molecule has 0 unspecified atom stereocenters. The molecule has 1 N–H and O–H groups in total. The Labute approximate surface area is 153 Å². The van der Waals surface area contributed by atoms with E-state index in [1.165, 1.54) is 0 Å². The van der Waals surface area contributed by atoms with Crippen molar-refractivity contribution in [3.05, 3.63) is 65.7 Å². The zero-order valence-corrected chi connectivity index (χ0v) is 15.9. The Morgan fingerprint density at radius 3 is 2.12 bits per heavy atom. The van der Waals surface area contributed by atoms with Gasteiger partial charge >= 0.3 is 7.60 Å². The molecule has 7 heteroatoms. The van der Waals surface area contributed by atoms with Gasteiger partial charge in [-0.1, -0.05) is 47.6 Å². The molecule has 0 amide bonds. The van der Waals surface area contributed by atoms with E-state index >= 15 is 0 Å². The summed E-state index contributed by atoms with van der Waals surface area (Å²) in [5.74, 6) is 0.720. The average Bonchev–Trinajstić information content (AvgIpc) is 2.66. The average molecular weight is 377 g/mol. The molecule has 0 spiro atoms. The molecule has 0 aliphatic heterocycles. The first-order valence-electron chi connectivity index (χ1n) is 8.47. The molecule has 0 saturated carbocycles. The molecule has 6 nitrogen and oxygen atoms in total. The Morgan fingerprint density at radius 2 is 1.58 bits per heavy atom. The van der Waals surface area contributed by atoms with Gasteiger partial charge in [0.15, 0.2) is 5.45 Å². The summed E-state index contributed by atoms with van der Waals surface area (Å²) < 4.78 is 28.9. The highest BCUT2D eigenvalue weighted by atomic mass is 31.2. The topological polar surface area (TPSA) is 77.4 Å². The van der Waals surface area contributed by atoms with Crippen LogP contribution in [-0.2, 0) is 26.6 Å². The van der Waals surface area contributed by atoms with E-state index in [-0.39, 0.29) is 25.1 Å². The third kappa shape index (κ3) is 5.70. The van der Waals surface area contributed by atoms with Gasteiger partial charge < -0.3 is 19.0 Å². The summed E-state index contributed by atoms with van der Waals surface area (Å²) in [6.07, 6.45) is 0.159. The van der Waals surface area contributed by atoms with E-state index in [1.807, 2.05) is 54.6 Å².